The molecule has 4 heteroatoms. The van der Waals surface area contributed by atoms with Crippen LogP contribution in [0.1, 0.15) is 50.2 Å². The topological polar surface area (TPSA) is 37.8 Å². The van der Waals surface area contributed by atoms with Crippen molar-refractivity contribution in [3.05, 3.63) is 16.3 Å². The maximum atomic E-state index is 5.98. The molecule has 0 bridgehead atoms. The molecule has 1 N–H and O–H groups in total. The minimum absolute atomic E-state index is 0.506. The van der Waals surface area contributed by atoms with Crippen LogP contribution >= 0.6 is 11.6 Å². The Labute approximate surface area is 114 Å². The molecule has 0 amide bonds. The van der Waals surface area contributed by atoms with E-state index in [1.54, 1.807) is 0 Å². The normalized spacial score (nSPS) is 24.7. The molecule has 3 nitrogen and oxygen atoms in total. The predicted octanol–water partition coefficient (Wildman–Crippen LogP) is 4.13. The zero-order chi connectivity index (χ0) is 13.1. The summed E-state index contributed by atoms with van der Waals surface area (Å²) in [4.78, 5) is 0. The molecular formula is C14H22ClN3. The molecule has 2 atom stereocenters. The minimum atomic E-state index is 0.506. The number of hydrogen-bond acceptors (Lipinski definition) is 3. The first kappa shape index (κ1) is 13.6. The van der Waals surface area contributed by atoms with Gasteiger partial charge in [-0.2, -0.15) is 0 Å². The van der Waals surface area contributed by atoms with E-state index in [4.69, 9.17) is 11.6 Å². The van der Waals surface area contributed by atoms with Crippen LogP contribution in [0, 0.1) is 19.8 Å². The van der Waals surface area contributed by atoms with Crippen molar-refractivity contribution in [2.75, 3.05) is 5.32 Å². The van der Waals surface area contributed by atoms with Gasteiger partial charge in [0, 0.05) is 6.04 Å². The highest BCUT2D eigenvalue weighted by atomic mass is 35.5. The molecule has 1 aliphatic rings. The second kappa shape index (κ2) is 5.87. The number of halogens is 1. The van der Waals surface area contributed by atoms with Crippen LogP contribution in [0.5, 0.6) is 0 Å². The number of nitrogens with zero attached hydrogens (tertiary/aromatic N) is 2. The Hall–Kier alpha value is -0.830. The van der Waals surface area contributed by atoms with Gasteiger partial charge in [0.05, 0.1) is 0 Å². The zero-order valence-corrected chi connectivity index (χ0v) is 12.2. The van der Waals surface area contributed by atoms with Gasteiger partial charge in [0.1, 0.15) is 0 Å². The lowest BCUT2D eigenvalue weighted by atomic mass is 9.97. The van der Waals surface area contributed by atoms with Crippen LogP contribution in [0.4, 0.5) is 5.82 Å². The average Bonchev–Trinajstić information content (AvgIpc) is 2.56. The van der Waals surface area contributed by atoms with E-state index in [-0.39, 0.29) is 0 Å². The number of aromatic nitrogens is 2. The maximum Gasteiger partial charge on any atom is 0.155 e. The Morgan fingerprint density at radius 1 is 1.06 bits per heavy atom. The van der Waals surface area contributed by atoms with Crippen LogP contribution in [0.3, 0.4) is 0 Å². The number of rotatable bonds is 2. The molecule has 0 spiro atoms. The van der Waals surface area contributed by atoms with Crippen molar-refractivity contribution in [1.29, 1.82) is 0 Å². The quantitative estimate of drug-likeness (QED) is 0.819. The minimum Gasteiger partial charge on any atom is -0.365 e. The molecule has 1 fully saturated rings. The molecule has 2 rings (SSSR count). The van der Waals surface area contributed by atoms with E-state index >= 15 is 0 Å². The summed E-state index contributed by atoms with van der Waals surface area (Å²) in [6.45, 7) is 6.38. The maximum absolute atomic E-state index is 5.98. The molecule has 0 saturated heterocycles. The molecule has 100 valence electrons. The van der Waals surface area contributed by atoms with Crippen molar-refractivity contribution in [3.63, 3.8) is 0 Å². The SMILES string of the molecule is Cc1c(Cl)nnc(NC2CCCCCC2C)c1C. The van der Waals surface area contributed by atoms with Crippen molar-refractivity contribution in [2.45, 2.75) is 58.9 Å². The monoisotopic (exact) mass is 267 g/mol. The number of anilines is 1. The zero-order valence-electron chi connectivity index (χ0n) is 11.5. The fourth-order valence-electron chi connectivity index (χ4n) is 2.60. The molecule has 0 radical (unpaired) electrons. The van der Waals surface area contributed by atoms with Crippen molar-refractivity contribution in [2.24, 2.45) is 5.92 Å². The molecule has 1 aromatic heterocycles. The van der Waals surface area contributed by atoms with Gasteiger partial charge in [-0.1, -0.05) is 37.8 Å². The highest BCUT2D eigenvalue weighted by molar-refractivity contribution is 6.30. The fraction of sp³-hybridized carbons (Fsp3) is 0.714. The van der Waals surface area contributed by atoms with Gasteiger partial charge in [0.2, 0.25) is 0 Å². The van der Waals surface area contributed by atoms with Gasteiger partial charge in [-0.25, -0.2) is 0 Å². The molecule has 1 aliphatic carbocycles. The third-order valence-electron chi connectivity index (χ3n) is 4.15. The van der Waals surface area contributed by atoms with Gasteiger partial charge in [0.15, 0.2) is 11.0 Å². The van der Waals surface area contributed by atoms with E-state index in [1.165, 1.54) is 32.1 Å². The summed E-state index contributed by atoms with van der Waals surface area (Å²) in [7, 11) is 0. The summed E-state index contributed by atoms with van der Waals surface area (Å²) in [6.07, 6.45) is 6.54. The third-order valence-corrected chi connectivity index (χ3v) is 4.51. The van der Waals surface area contributed by atoms with E-state index in [0.717, 1.165) is 16.9 Å². The molecule has 0 aliphatic heterocycles. The second-order valence-corrected chi connectivity index (χ2v) is 5.81. The summed E-state index contributed by atoms with van der Waals surface area (Å²) in [6, 6.07) is 0.515. The van der Waals surface area contributed by atoms with Gasteiger partial charge in [-0.3, -0.25) is 0 Å². The highest BCUT2D eigenvalue weighted by Crippen LogP contribution is 2.27. The summed E-state index contributed by atoms with van der Waals surface area (Å²) >= 11 is 5.98. The first-order chi connectivity index (χ1) is 8.59. The Morgan fingerprint density at radius 3 is 2.56 bits per heavy atom. The molecule has 18 heavy (non-hydrogen) atoms. The Morgan fingerprint density at radius 2 is 1.78 bits per heavy atom. The first-order valence-corrected chi connectivity index (χ1v) is 7.23. The van der Waals surface area contributed by atoms with Gasteiger partial charge in [-0.05, 0) is 43.7 Å². The smallest absolute Gasteiger partial charge is 0.155 e. The van der Waals surface area contributed by atoms with Crippen LogP contribution in [0.25, 0.3) is 0 Å². The number of hydrogen-bond donors (Lipinski definition) is 1. The largest absolute Gasteiger partial charge is 0.365 e. The molecule has 2 unspecified atom stereocenters. The van der Waals surface area contributed by atoms with Crippen molar-refractivity contribution in [1.82, 2.24) is 10.2 Å². The summed E-state index contributed by atoms with van der Waals surface area (Å²) in [5.74, 6) is 1.60. The van der Waals surface area contributed by atoms with Crippen LogP contribution in [-0.2, 0) is 0 Å². The van der Waals surface area contributed by atoms with Crippen molar-refractivity contribution >= 4 is 17.4 Å². The van der Waals surface area contributed by atoms with E-state index in [0.29, 0.717) is 17.1 Å². The predicted molar refractivity (Wildman–Crippen MR) is 76.2 cm³/mol. The lowest BCUT2D eigenvalue weighted by molar-refractivity contribution is 0.455. The Kier molecular flexibility index (Phi) is 4.44. The number of nitrogens with one attached hydrogen (secondary N) is 1. The summed E-state index contributed by atoms with van der Waals surface area (Å²) in [5.41, 5.74) is 2.14. The molecule has 1 heterocycles. The molecule has 1 aromatic rings. The van der Waals surface area contributed by atoms with E-state index in [9.17, 15) is 0 Å². The third kappa shape index (κ3) is 2.94. The Bertz CT molecular complexity index is 420. The van der Waals surface area contributed by atoms with E-state index in [1.807, 2.05) is 6.92 Å². The Balaban J connectivity index is 2.15. The van der Waals surface area contributed by atoms with Crippen molar-refractivity contribution in [3.8, 4) is 0 Å². The van der Waals surface area contributed by atoms with Gasteiger partial charge in [-0.15, -0.1) is 10.2 Å². The first-order valence-electron chi connectivity index (χ1n) is 6.85. The van der Waals surface area contributed by atoms with Crippen LogP contribution in [0.2, 0.25) is 5.15 Å². The van der Waals surface area contributed by atoms with Gasteiger partial charge < -0.3 is 5.32 Å². The molecule has 1 saturated carbocycles. The summed E-state index contributed by atoms with van der Waals surface area (Å²) < 4.78 is 0. The lowest BCUT2D eigenvalue weighted by Crippen LogP contribution is -2.27. The van der Waals surface area contributed by atoms with E-state index < -0.39 is 0 Å². The lowest BCUT2D eigenvalue weighted by Gasteiger charge is -2.24. The van der Waals surface area contributed by atoms with Gasteiger partial charge in [0.25, 0.3) is 0 Å². The fourth-order valence-corrected chi connectivity index (χ4v) is 2.78. The van der Waals surface area contributed by atoms with Gasteiger partial charge >= 0.3 is 0 Å². The van der Waals surface area contributed by atoms with Crippen LogP contribution < -0.4 is 5.32 Å². The standard InChI is InChI=1S/C14H22ClN3/c1-9-7-5-4-6-8-12(9)16-14-11(3)10(2)13(15)17-18-14/h9,12H,4-8H2,1-3H3,(H,16,18). The highest BCUT2D eigenvalue weighted by Gasteiger charge is 2.21. The molecule has 0 aromatic carbocycles. The molecular weight excluding hydrogens is 246 g/mol. The van der Waals surface area contributed by atoms with Crippen LogP contribution in [0.15, 0.2) is 0 Å². The second-order valence-electron chi connectivity index (χ2n) is 5.46. The van der Waals surface area contributed by atoms with Crippen molar-refractivity contribution < 1.29 is 0 Å². The van der Waals surface area contributed by atoms with E-state index in [2.05, 4.69) is 29.4 Å². The summed E-state index contributed by atoms with van der Waals surface area (Å²) in [5, 5.41) is 12.3. The van der Waals surface area contributed by atoms with Crippen LogP contribution in [-0.4, -0.2) is 16.2 Å². The average molecular weight is 268 g/mol.